The molecule has 1 aliphatic heterocycles. The molecule has 5 heteroatoms. The molecular weight excluding hydrogens is 304 g/mol. The maximum atomic E-state index is 12.0. The molecule has 124 valence electrons. The number of hydrogen-bond acceptors (Lipinski definition) is 3. The highest BCUT2D eigenvalue weighted by atomic mass is 16.3. The van der Waals surface area contributed by atoms with E-state index in [4.69, 9.17) is 4.42 Å². The number of amides is 2. The summed E-state index contributed by atoms with van der Waals surface area (Å²) in [5.74, 6) is -0.0356. The van der Waals surface area contributed by atoms with E-state index in [0.29, 0.717) is 13.0 Å². The minimum atomic E-state index is -0.201. The molecule has 1 aromatic heterocycles. The van der Waals surface area contributed by atoms with E-state index in [-0.39, 0.29) is 11.8 Å². The van der Waals surface area contributed by atoms with Gasteiger partial charge in [0.05, 0.1) is 12.5 Å². The van der Waals surface area contributed by atoms with Gasteiger partial charge in [0.1, 0.15) is 0 Å². The topological polar surface area (TPSA) is 62.6 Å². The van der Waals surface area contributed by atoms with Gasteiger partial charge in [-0.3, -0.25) is 9.59 Å². The number of benzene rings is 1. The third-order valence-corrected chi connectivity index (χ3v) is 4.11. The molecule has 5 nitrogen and oxygen atoms in total. The van der Waals surface area contributed by atoms with Crippen LogP contribution in [0.25, 0.3) is 6.08 Å². The fourth-order valence-corrected chi connectivity index (χ4v) is 2.80. The normalized spacial score (nSPS) is 13.8. The lowest BCUT2D eigenvalue weighted by molar-refractivity contribution is -0.131. The van der Waals surface area contributed by atoms with Crippen LogP contribution in [0, 0.1) is 0 Å². The van der Waals surface area contributed by atoms with Crippen LogP contribution in [-0.2, 0) is 22.6 Å². The molecule has 0 atom stereocenters. The monoisotopic (exact) mass is 324 g/mol. The van der Waals surface area contributed by atoms with Crippen LogP contribution in [0.4, 0.5) is 5.69 Å². The number of carbonyl (C=O) groups excluding carboxylic acids is 2. The molecule has 2 amide bonds. The van der Waals surface area contributed by atoms with Gasteiger partial charge in [0.25, 0.3) is 0 Å². The number of nitrogens with zero attached hydrogens (tertiary/aromatic N) is 1. The van der Waals surface area contributed by atoms with Crippen molar-refractivity contribution in [1.29, 1.82) is 0 Å². The summed E-state index contributed by atoms with van der Waals surface area (Å²) < 4.78 is 4.95. The second kappa shape index (κ2) is 7.17. The molecule has 0 saturated carbocycles. The third-order valence-electron chi connectivity index (χ3n) is 4.11. The highest BCUT2D eigenvalue weighted by molar-refractivity contribution is 6.01. The zero-order valence-corrected chi connectivity index (χ0v) is 13.6. The van der Waals surface area contributed by atoms with E-state index in [0.717, 1.165) is 29.8 Å². The van der Waals surface area contributed by atoms with Gasteiger partial charge < -0.3 is 14.6 Å². The van der Waals surface area contributed by atoms with Gasteiger partial charge in [0.2, 0.25) is 11.8 Å². The lowest BCUT2D eigenvalue weighted by atomic mass is 9.99. The average Bonchev–Trinajstić information content (AvgIpc) is 3.12. The van der Waals surface area contributed by atoms with Gasteiger partial charge in [-0.2, -0.15) is 0 Å². The SMILES string of the molecule is CCC(=O)N1CCc2ccc(NC(=O)C=Cc3ccoc3)cc2C1. The molecule has 1 aromatic carbocycles. The summed E-state index contributed by atoms with van der Waals surface area (Å²) in [4.78, 5) is 25.7. The Hall–Kier alpha value is -2.82. The van der Waals surface area contributed by atoms with Crippen LogP contribution in [-0.4, -0.2) is 23.3 Å². The summed E-state index contributed by atoms with van der Waals surface area (Å²) in [5, 5.41) is 2.85. The maximum Gasteiger partial charge on any atom is 0.248 e. The van der Waals surface area contributed by atoms with Crippen molar-refractivity contribution in [3.63, 3.8) is 0 Å². The fourth-order valence-electron chi connectivity index (χ4n) is 2.80. The van der Waals surface area contributed by atoms with Crippen LogP contribution < -0.4 is 5.32 Å². The second-order valence-electron chi connectivity index (χ2n) is 5.78. The van der Waals surface area contributed by atoms with Crippen molar-refractivity contribution in [2.75, 3.05) is 11.9 Å². The number of furan rings is 1. The van der Waals surface area contributed by atoms with Crippen LogP contribution in [0.5, 0.6) is 0 Å². The molecule has 0 bridgehead atoms. The van der Waals surface area contributed by atoms with Gasteiger partial charge in [0, 0.05) is 36.8 Å². The third kappa shape index (κ3) is 3.74. The first-order chi connectivity index (χ1) is 11.7. The number of fused-ring (bicyclic) bond motifs is 1. The summed E-state index contributed by atoms with van der Waals surface area (Å²) >= 11 is 0. The van der Waals surface area contributed by atoms with Gasteiger partial charge >= 0.3 is 0 Å². The predicted molar refractivity (Wildman–Crippen MR) is 92.2 cm³/mol. The molecule has 1 N–H and O–H groups in total. The van der Waals surface area contributed by atoms with E-state index in [9.17, 15) is 9.59 Å². The van der Waals surface area contributed by atoms with E-state index in [1.807, 2.05) is 30.0 Å². The van der Waals surface area contributed by atoms with E-state index >= 15 is 0 Å². The molecule has 0 fully saturated rings. The van der Waals surface area contributed by atoms with Gasteiger partial charge in [-0.1, -0.05) is 13.0 Å². The molecule has 0 unspecified atom stereocenters. The lowest BCUT2D eigenvalue weighted by Crippen LogP contribution is -2.35. The summed E-state index contributed by atoms with van der Waals surface area (Å²) in [6, 6.07) is 7.66. The van der Waals surface area contributed by atoms with Gasteiger partial charge in [-0.25, -0.2) is 0 Å². The van der Waals surface area contributed by atoms with Crippen molar-refractivity contribution in [2.24, 2.45) is 0 Å². The Bertz CT molecular complexity index is 763. The summed E-state index contributed by atoms with van der Waals surface area (Å²) in [5.41, 5.74) is 3.91. The van der Waals surface area contributed by atoms with E-state index in [2.05, 4.69) is 5.32 Å². The van der Waals surface area contributed by atoms with Crippen molar-refractivity contribution >= 4 is 23.6 Å². The Kier molecular flexibility index (Phi) is 4.79. The van der Waals surface area contributed by atoms with Crippen LogP contribution in [0.15, 0.2) is 47.3 Å². The molecular formula is C19H20N2O3. The highest BCUT2D eigenvalue weighted by Crippen LogP contribution is 2.23. The Morgan fingerprint density at radius 1 is 1.29 bits per heavy atom. The largest absolute Gasteiger partial charge is 0.472 e. The number of carbonyl (C=O) groups is 2. The zero-order chi connectivity index (χ0) is 16.9. The predicted octanol–water partition coefficient (Wildman–Crippen LogP) is 3.23. The Labute approximate surface area is 141 Å². The van der Waals surface area contributed by atoms with Crippen molar-refractivity contribution in [3.8, 4) is 0 Å². The number of nitrogens with one attached hydrogen (secondary N) is 1. The van der Waals surface area contributed by atoms with E-state index in [1.54, 1.807) is 24.7 Å². The minimum Gasteiger partial charge on any atom is -0.472 e. The second-order valence-corrected chi connectivity index (χ2v) is 5.78. The lowest BCUT2D eigenvalue weighted by Gasteiger charge is -2.29. The smallest absolute Gasteiger partial charge is 0.248 e. The zero-order valence-electron chi connectivity index (χ0n) is 13.6. The average molecular weight is 324 g/mol. The minimum absolute atomic E-state index is 0.165. The molecule has 0 saturated heterocycles. The Morgan fingerprint density at radius 2 is 2.17 bits per heavy atom. The summed E-state index contributed by atoms with van der Waals surface area (Å²) in [6.45, 7) is 3.25. The molecule has 0 spiro atoms. The Balaban J connectivity index is 1.67. The molecule has 24 heavy (non-hydrogen) atoms. The molecule has 0 aliphatic carbocycles. The van der Waals surface area contributed by atoms with Crippen LogP contribution in [0.2, 0.25) is 0 Å². The first-order valence-corrected chi connectivity index (χ1v) is 8.06. The van der Waals surface area contributed by atoms with E-state index < -0.39 is 0 Å². The number of hydrogen-bond donors (Lipinski definition) is 1. The molecule has 1 aliphatic rings. The van der Waals surface area contributed by atoms with Crippen molar-refractivity contribution in [3.05, 3.63) is 59.6 Å². The first kappa shape index (κ1) is 16.1. The van der Waals surface area contributed by atoms with Gasteiger partial charge in [-0.05, 0) is 41.8 Å². The van der Waals surface area contributed by atoms with Crippen molar-refractivity contribution < 1.29 is 14.0 Å². The fraction of sp³-hybridized carbons (Fsp3) is 0.263. The maximum absolute atomic E-state index is 12.0. The van der Waals surface area contributed by atoms with Crippen molar-refractivity contribution in [1.82, 2.24) is 4.90 Å². The number of anilines is 1. The summed E-state index contributed by atoms with van der Waals surface area (Å²) in [7, 11) is 0. The van der Waals surface area contributed by atoms with Gasteiger partial charge in [0.15, 0.2) is 0 Å². The number of rotatable bonds is 4. The molecule has 3 rings (SSSR count). The quantitative estimate of drug-likeness (QED) is 0.878. The van der Waals surface area contributed by atoms with Crippen LogP contribution in [0.1, 0.15) is 30.0 Å². The first-order valence-electron chi connectivity index (χ1n) is 8.06. The van der Waals surface area contributed by atoms with E-state index in [1.165, 1.54) is 11.6 Å². The Morgan fingerprint density at radius 3 is 2.92 bits per heavy atom. The van der Waals surface area contributed by atoms with Crippen LogP contribution >= 0.6 is 0 Å². The standard InChI is InChI=1S/C19H20N2O3/c1-2-19(23)21-9-7-15-4-5-17(11-16(15)12-21)20-18(22)6-3-14-8-10-24-13-14/h3-6,8,10-11,13H,2,7,9,12H2,1H3,(H,20,22). The van der Waals surface area contributed by atoms with Gasteiger partial charge in [-0.15, -0.1) is 0 Å². The molecule has 2 aromatic rings. The summed E-state index contributed by atoms with van der Waals surface area (Å²) in [6.07, 6.45) is 7.67. The molecule has 2 heterocycles. The molecule has 0 radical (unpaired) electrons. The highest BCUT2D eigenvalue weighted by Gasteiger charge is 2.19. The van der Waals surface area contributed by atoms with Crippen LogP contribution in [0.3, 0.4) is 0 Å². The van der Waals surface area contributed by atoms with Crippen molar-refractivity contribution in [2.45, 2.75) is 26.3 Å².